The number of nitrogens with zero attached hydrogens (tertiary/aromatic N) is 2. The van der Waals surface area contributed by atoms with E-state index >= 15 is 0 Å². The van der Waals surface area contributed by atoms with Gasteiger partial charge >= 0.3 is 0 Å². The van der Waals surface area contributed by atoms with Crippen molar-refractivity contribution in [2.24, 2.45) is 0 Å². The summed E-state index contributed by atoms with van der Waals surface area (Å²) in [6.45, 7) is 5.80. The molecule has 0 radical (unpaired) electrons. The number of aryl methyl sites for hydroxylation is 1. The third-order valence-corrected chi connectivity index (χ3v) is 5.06. The van der Waals surface area contributed by atoms with E-state index < -0.39 is 0 Å². The number of aromatic nitrogens is 2. The molecule has 126 valence electrons. The smallest absolute Gasteiger partial charge is 0.266 e. The molecular formula is C19H23N3O2. The van der Waals surface area contributed by atoms with Gasteiger partial charge < -0.3 is 14.6 Å². The molecule has 0 bridgehead atoms. The molecule has 1 aliphatic rings. The van der Waals surface area contributed by atoms with Crippen LogP contribution < -0.4 is 10.5 Å². The highest BCUT2D eigenvalue weighted by atomic mass is 16.5. The molecule has 3 rings (SSSR count). The Balaban J connectivity index is 2.15. The van der Waals surface area contributed by atoms with Crippen LogP contribution in [-0.2, 0) is 11.2 Å². The maximum atomic E-state index is 12.4. The van der Waals surface area contributed by atoms with Crippen LogP contribution >= 0.6 is 0 Å². The van der Waals surface area contributed by atoms with Crippen molar-refractivity contribution < 1.29 is 4.74 Å². The van der Waals surface area contributed by atoms with Gasteiger partial charge in [-0.05, 0) is 32.3 Å². The van der Waals surface area contributed by atoms with Crippen molar-refractivity contribution in [1.82, 2.24) is 9.97 Å². The van der Waals surface area contributed by atoms with Crippen LogP contribution in [0.3, 0.4) is 0 Å². The van der Waals surface area contributed by atoms with Crippen molar-refractivity contribution in [3.63, 3.8) is 0 Å². The molecule has 1 fully saturated rings. The molecule has 2 aromatic heterocycles. The second-order valence-electron chi connectivity index (χ2n) is 6.54. The van der Waals surface area contributed by atoms with Gasteiger partial charge in [0.25, 0.3) is 5.56 Å². The first-order valence-electron chi connectivity index (χ1n) is 8.33. The summed E-state index contributed by atoms with van der Waals surface area (Å²) in [6.07, 6.45) is 10.0. The van der Waals surface area contributed by atoms with E-state index in [1.807, 2.05) is 6.07 Å². The topological polar surface area (TPSA) is 58.2 Å². The monoisotopic (exact) mass is 325 g/mol. The highest BCUT2D eigenvalue weighted by Gasteiger charge is 2.31. The summed E-state index contributed by atoms with van der Waals surface area (Å²) >= 11 is 0. The Labute approximate surface area is 142 Å². The normalized spacial score (nSPS) is 17.0. The summed E-state index contributed by atoms with van der Waals surface area (Å²) in [5, 5.41) is 0.968. The summed E-state index contributed by atoms with van der Waals surface area (Å²) in [6, 6.07) is 2.03. The number of pyridine rings is 2. The number of ether oxygens (including phenoxy) is 1. The average Bonchev–Trinajstić information content (AvgIpc) is 2.61. The van der Waals surface area contributed by atoms with Gasteiger partial charge in [0, 0.05) is 31.3 Å². The summed E-state index contributed by atoms with van der Waals surface area (Å²) in [5.74, 6) is 2.59. The third-order valence-electron chi connectivity index (χ3n) is 5.06. The zero-order chi connectivity index (χ0) is 17.3. The summed E-state index contributed by atoms with van der Waals surface area (Å²) < 4.78 is 5.62. The lowest BCUT2D eigenvalue weighted by Gasteiger charge is -2.40. The van der Waals surface area contributed by atoms with Gasteiger partial charge in [0.2, 0.25) is 0 Å². The Kier molecular flexibility index (Phi) is 4.33. The molecule has 0 saturated carbocycles. The Bertz CT molecular complexity index is 855. The molecule has 5 nitrogen and oxygen atoms in total. The number of rotatable bonds is 3. The number of nitrogens with one attached hydrogen (secondary N) is 1. The van der Waals surface area contributed by atoms with Crippen LogP contribution in [0.4, 0.5) is 5.69 Å². The number of H-pyrrole nitrogens is 1. The van der Waals surface area contributed by atoms with Gasteiger partial charge in [-0.25, -0.2) is 0 Å². The van der Waals surface area contributed by atoms with E-state index in [1.54, 1.807) is 13.3 Å². The number of aromatic amines is 1. The maximum Gasteiger partial charge on any atom is 0.266 e. The van der Waals surface area contributed by atoms with Crippen LogP contribution in [0.5, 0.6) is 0 Å². The number of fused-ring (bicyclic) bond motifs is 1. The molecule has 2 aromatic rings. The van der Waals surface area contributed by atoms with E-state index in [2.05, 4.69) is 34.6 Å². The van der Waals surface area contributed by atoms with E-state index in [0.29, 0.717) is 5.56 Å². The Hall–Kier alpha value is -2.32. The number of hydrogen-bond donors (Lipinski definition) is 1. The number of hydrogen-bond acceptors (Lipinski definition) is 4. The van der Waals surface area contributed by atoms with Crippen LogP contribution in [0.2, 0.25) is 0 Å². The van der Waals surface area contributed by atoms with Crippen molar-refractivity contribution in [3.05, 3.63) is 33.9 Å². The lowest BCUT2D eigenvalue weighted by molar-refractivity contribution is -0.0132. The molecule has 1 N–H and O–H groups in total. The number of methoxy groups -OCH3 is 1. The highest BCUT2D eigenvalue weighted by molar-refractivity contribution is 5.94. The lowest BCUT2D eigenvalue weighted by atomic mass is 9.92. The predicted octanol–water partition coefficient (Wildman–Crippen LogP) is 2.47. The minimum atomic E-state index is -0.230. The molecule has 0 aliphatic carbocycles. The number of anilines is 1. The largest absolute Gasteiger partial charge is 0.378 e. The third kappa shape index (κ3) is 2.78. The zero-order valence-electron chi connectivity index (χ0n) is 14.5. The zero-order valence-corrected chi connectivity index (χ0v) is 14.5. The second kappa shape index (κ2) is 6.29. The SMILES string of the molecule is C#Cc1c(N2CCC(C)(OC)CC2)c2cc(CC)ncc2[nH]c1=O. The first kappa shape index (κ1) is 16.5. The molecule has 24 heavy (non-hydrogen) atoms. The Morgan fingerprint density at radius 3 is 2.75 bits per heavy atom. The van der Waals surface area contributed by atoms with Crippen molar-refractivity contribution in [2.75, 3.05) is 25.1 Å². The van der Waals surface area contributed by atoms with Gasteiger partial charge in [0.15, 0.2) is 0 Å². The van der Waals surface area contributed by atoms with E-state index in [1.165, 1.54) is 0 Å². The standard InChI is InChI=1S/C19H23N3O2/c1-5-13-11-15-16(12-20-13)21-18(23)14(6-2)17(15)22-9-7-19(3,24-4)8-10-22/h2,11-12H,5,7-10H2,1,3-4H3,(H,21,23). The van der Waals surface area contributed by atoms with Gasteiger partial charge in [-0.15, -0.1) is 6.42 Å². The second-order valence-corrected chi connectivity index (χ2v) is 6.54. The molecular weight excluding hydrogens is 302 g/mol. The summed E-state index contributed by atoms with van der Waals surface area (Å²) in [4.78, 5) is 21.8. The molecule has 0 amide bonds. The molecule has 3 heterocycles. The van der Waals surface area contributed by atoms with E-state index in [4.69, 9.17) is 11.2 Å². The van der Waals surface area contributed by atoms with Crippen LogP contribution in [-0.4, -0.2) is 35.8 Å². The van der Waals surface area contributed by atoms with E-state index in [0.717, 1.165) is 54.6 Å². The van der Waals surface area contributed by atoms with Crippen molar-refractivity contribution in [1.29, 1.82) is 0 Å². The first-order valence-corrected chi connectivity index (χ1v) is 8.33. The molecule has 0 aromatic carbocycles. The van der Waals surface area contributed by atoms with E-state index in [-0.39, 0.29) is 11.2 Å². The fourth-order valence-corrected chi connectivity index (χ4v) is 3.28. The van der Waals surface area contributed by atoms with Crippen molar-refractivity contribution in [3.8, 4) is 12.3 Å². The van der Waals surface area contributed by atoms with Gasteiger partial charge in [-0.1, -0.05) is 12.8 Å². The Morgan fingerprint density at radius 1 is 1.46 bits per heavy atom. The molecule has 0 unspecified atom stereocenters. The maximum absolute atomic E-state index is 12.4. The summed E-state index contributed by atoms with van der Waals surface area (Å²) in [7, 11) is 1.75. The quantitative estimate of drug-likeness (QED) is 0.881. The molecule has 0 spiro atoms. The minimum absolute atomic E-state index is 0.111. The Morgan fingerprint density at radius 2 is 2.17 bits per heavy atom. The van der Waals surface area contributed by atoms with Gasteiger partial charge in [-0.3, -0.25) is 9.78 Å². The summed E-state index contributed by atoms with van der Waals surface area (Å²) in [5.41, 5.74) is 2.62. The molecule has 0 atom stereocenters. The fourth-order valence-electron chi connectivity index (χ4n) is 3.28. The molecule has 5 heteroatoms. The fraction of sp³-hybridized carbons (Fsp3) is 0.474. The average molecular weight is 325 g/mol. The van der Waals surface area contributed by atoms with Crippen LogP contribution in [0.1, 0.15) is 37.9 Å². The number of terminal acetylenes is 1. The van der Waals surface area contributed by atoms with Gasteiger partial charge in [0.1, 0.15) is 5.56 Å². The first-order chi connectivity index (χ1) is 11.5. The van der Waals surface area contributed by atoms with Gasteiger partial charge in [0.05, 0.1) is 23.0 Å². The molecule has 1 aliphatic heterocycles. The van der Waals surface area contributed by atoms with Crippen LogP contribution in [0.15, 0.2) is 17.1 Å². The van der Waals surface area contributed by atoms with Crippen LogP contribution in [0.25, 0.3) is 10.9 Å². The highest BCUT2D eigenvalue weighted by Crippen LogP contribution is 2.33. The minimum Gasteiger partial charge on any atom is -0.378 e. The number of piperidine rings is 1. The molecule has 1 saturated heterocycles. The van der Waals surface area contributed by atoms with Gasteiger partial charge in [-0.2, -0.15) is 0 Å². The van der Waals surface area contributed by atoms with Crippen molar-refractivity contribution >= 4 is 16.6 Å². The lowest BCUT2D eigenvalue weighted by Crippen LogP contribution is -2.44. The van der Waals surface area contributed by atoms with Crippen molar-refractivity contribution in [2.45, 2.75) is 38.7 Å². The van der Waals surface area contributed by atoms with E-state index in [9.17, 15) is 4.79 Å². The van der Waals surface area contributed by atoms with Crippen LogP contribution in [0, 0.1) is 12.3 Å². The predicted molar refractivity (Wildman–Crippen MR) is 96.5 cm³/mol.